The Balaban J connectivity index is 1.86. The number of aromatic nitrogens is 1. The van der Waals surface area contributed by atoms with Crippen molar-refractivity contribution in [1.29, 1.82) is 0 Å². The van der Waals surface area contributed by atoms with Gasteiger partial charge in [0, 0.05) is 37.3 Å². The molecule has 0 amide bonds. The summed E-state index contributed by atoms with van der Waals surface area (Å²) in [4.78, 5) is 26.0. The summed E-state index contributed by atoms with van der Waals surface area (Å²) < 4.78 is 16.8. The van der Waals surface area contributed by atoms with Crippen molar-refractivity contribution in [2.45, 2.75) is 38.6 Å². The molecule has 0 unspecified atom stereocenters. The Labute approximate surface area is 162 Å². The zero-order valence-electron chi connectivity index (χ0n) is 15.9. The number of carboxylic acid groups (broad SMARTS) is 1. The molecular weight excluding hydrogens is 361 g/mol. The van der Waals surface area contributed by atoms with Crippen molar-refractivity contribution < 1.29 is 14.3 Å². The van der Waals surface area contributed by atoms with E-state index in [2.05, 4.69) is 0 Å². The number of halogens is 1. The lowest BCUT2D eigenvalue weighted by Gasteiger charge is -2.32. The number of nitrogens with two attached hydrogens (primary N) is 1. The van der Waals surface area contributed by atoms with Gasteiger partial charge in [-0.3, -0.25) is 4.79 Å². The van der Waals surface area contributed by atoms with Crippen LogP contribution in [0.2, 0.25) is 0 Å². The summed E-state index contributed by atoms with van der Waals surface area (Å²) in [5.41, 5.74) is 8.23. The summed E-state index contributed by atoms with van der Waals surface area (Å²) in [7, 11) is 0. The molecule has 1 aliphatic carbocycles. The van der Waals surface area contributed by atoms with Crippen LogP contribution in [0.4, 0.5) is 10.1 Å². The van der Waals surface area contributed by atoms with E-state index >= 15 is 0 Å². The standard InChI is InChI=1S/C21H24FN3O3/c1-12(9-23)13-3-2-6-24(10-13)19-8-18-15(7-17(19)22)20(26)16(21(27)28)11-25(18)14-4-5-14/h7-8,11,14H,2-6,9-10,23H2,1H3,(H,27,28). The molecule has 1 aromatic carbocycles. The molecule has 2 aromatic rings. The lowest BCUT2D eigenvalue weighted by molar-refractivity contribution is 0.0695. The molecule has 28 heavy (non-hydrogen) atoms. The van der Waals surface area contributed by atoms with E-state index in [4.69, 9.17) is 5.73 Å². The van der Waals surface area contributed by atoms with Crippen LogP contribution >= 0.6 is 0 Å². The second-order valence-corrected chi connectivity index (χ2v) is 7.75. The molecule has 1 saturated heterocycles. The number of hydrogen-bond donors (Lipinski definition) is 2. The number of anilines is 1. The van der Waals surface area contributed by atoms with Crippen molar-refractivity contribution in [1.82, 2.24) is 4.57 Å². The van der Waals surface area contributed by atoms with Crippen molar-refractivity contribution >= 4 is 22.6 Å². The summed E-state index contributed by atoms with van der Waals surface area (Å²) >= 11 is 0. The zero-order chi connectivity index (χ0) is 20.0. The predicted octanol–water partition coefficient (Wildman–Crippen LogP) is 3.05. The van der Waals surface area contributed by atoms with E-state index in [1.807, 2.05) is 16.4 Å². The molecule has 2 fully saturated rings. The third kappa shape index (κ3) is 3.20. The second-order valence-electron chi connectivity index (χ2n) is 7.75. The van der Waals surface area contributed by atoms with Gasteiger partial charge in [0.05, 0.1) is 11.2 Å². The van der Waals surface area contributed by atoms with Crippen LogP contribution in [0.15, 0.2) is 34.3 Å². The van der Waals surface area contributed by atoms with Gasteiger partial charge in [-0.1, -0.05) is 11.1 Å². The quantitative estimate of drug-likeness (QED) is 0.790. The Kier molecular flexibility index (Phi) is 4.71. The molecular formula is C21H24FN3O3. The van der Waals surface area contributed by atoms with Crippen LogP contribution in [-0.4, -0.2) is 35.3 Å². The maximum absolute atomic E-state index is 15.0. The SMILES string of the molecule is CC(CN)=C1CCCN(c2cc3c(cc2F)c(=O)c(C(=O)O)cn3C2CC2)C1. The molecule has 2 aliphatic rings. The predicted molar refractivity (Wildman–Crippen MR) is 107 cm³/mol. The summed E-state index contributed by atoms with van der Waals surface area (Å²) in [6.07, 6.45) is 5.14. The first-order valence-corrected chi connectivity index (χ1v) is 9.65. The van der Waals surface area contributed by atoms with Gasteiger partial charge in [0.1, 0.15) is 11.4 Å². The van der Waals surface area contributed by atoms with E-state index in [1.165, 1.54) is 17.8 Å². The van der Waals surface area contributed by atoms with Crippen molar-refractivity contribution in [3.8, 4) is 0 Å². The Bertz CT molecular complexity index is 1050. The molecule has 148 valence electrons. The molecule has 0 bridgehead atoms. The summed E-state index contributed by atoms with van der Waals surface area (Å²) in [6.45, 7) is 3.84. The van der Waals surface area contributed by atoms with Gasteiger partial charge in [-0.2, -0.15) is 0 Å². The van der Waals surface area contributed by atoms with E-state index in [-0.39, 0.29) is 17.0 Å². The maximum Gasteiger partial charge on any atom is 0.341 e. The molecule has 6 nitrogen and oxygen atoms in total. The van der Waals surface area contributed by atoms with Crippen molar-refractivity contribution in [2.24, 2.45) is 5.73 Å². The molecule has 1 aliphatic heterocycles. The van der Waals surface area contributed by atoms with Gasteiger partial charge >= 0.3 is 5.97 Å². The van der Waals surface area contributed by atoms with Gasteiger partial charge in [0.25, 0.3) is 0 Å². The highest BCUT2D eigenvalue weighted by Crippen LogP contribution is 2.38. The van der Waals surface area contributed by atoms with E-state index < -0.39 is 17.2 Å². The van der Waals surface area contributed by atoms with Crippen molar-refractivity contribution in [3.63, 3.8) is 0 Å². The number of piperidine rings is 1. The summed E-state index contributed by atoms with van der Waals surface area (Å²) in [6, 6.07) is 3.07. The van der Waals surface area contributed by atoms with E-state index in [0.717, 1.165) is 37.8 Å². The van der Waals surface area contributed by atoms with E-state index in [0.29, 0.717) is 24.3 Å². The van der Waals surface area contributed by atoms with Crippen LogP contribution in [0.1, 0.15) is 49.0 Å². The molecule has 1 saturated carbocycles. The van der Waals surface area contributed by atoms with E-state index in [9.17, 15) is 19.1 Å². The Morgan fingerprint density at radius 3 is 2.75 bits per heavy atom. The van der Waals surface area contributed by atoms with Gasteiger partial charge in [-0.05, 0) is 44.7 Å². The molecule has 3 N–H and O–H groups in total. The zero-order valence-corrected chi connectivity index (χ0v) is 15.9. The monoisotopic (exact) mass is 385 g/mol. The highest BCUT2D eigenvalue weighted by atomic mass is 19.1. The van der Waals surface area contributed by atoms with Crippen LogP contribution < -0.4 is 16.1 Å². The first-order valence-electron chi connectivity index (χ1n) is 9.65. The minimum atomic E-state index is -1.28. The number of carbonyl (C=O) groups is 1. The number of hydrogen-bond acceptors (Lipinski definition) is 4. The van der Waals surface area contributed by atoms with Crippen LogP contribution in [-0.2, 0) is 0 Å². The Hall–Kier alpha value is -2.67. The first kappa shape index (κ1) is 18.7. The highest BCUT2D eigenvalue weighted by molar-refractivity contribution is 5.93. The minimum absolute atomic E-state index is 0.124. The number of rotatable bonds is 4. The fraction of sp³-hybridized carbons (Fsp3) is 0.429. The highest BCUT2D eigenvalue weighted by Gasteiger charge is 2.28. The van der Waals surface area contributed by atoms with Crippen molar-refractivity contribution in [2.75, 3.05) is 24.5 Å². The lowest BCUT2D eigenvalue weighted by atomic mass is 9.98. The Morgan fingerprint density at radius 2 is 2.11 bits per heavy atom. The molecule has 2 heterocycles. The molecule has 0 atom stereocenters. The van der Waals surface area contributed by atoms with Crippen molar-refractivity contribution in [3.05, 3.63) is 51.1 Å². The number of nitrogens with zero attached hydrogens (tertiary/aromatic N) is 2. The number of benzene rings is 1. The second kappa shape index (κ2) is 7.05. The molecule has 7 heteroatoms. The molecule has 0 radical (unpaired) electrons. The third-order valence-corrected chi connectivity index (χ3v) is 5.81. The number of aromatic carboxylic acids is 1. The van der Waals surface area contributed by atoms with Crippen LogP contribution in [0.25, 0.3) is 10.9 Å². The topological polar surface area (TPSA) is 88.6 Å². The first-order chi connectivity index (χ1) is 13.4. The van der Waals surface area contributed by atoms with Crippen LogP contribution in [0, 0.1) is 5.82 Å². The fourth-order valence-electron chi connectivity index (χ4n) is 3.98. The van der Waals surface area contributed by atoms with Crippen LogP contribution in [0.3, 0.4) is 0 Å². The third-order valence-electron chi connectivity index (χ3n) is 5.81. The molecule has 0 spiro atoms. The maximum atomic E-state index is 15.0. The summed E-state index contributed by atoms with van der Waals surface area (Å²) in [5, 5.41) is 9.48. The lowest BCUT2D eigenvalue weighted by Crippen LogP contribution is -2.33. The average Bonchev–Trinajstić information content (AvgIpc) is 3.52. The van der Waals surface area contributed by atoms with Gasteiger partial charge in [-0.15, -0.1) is 0 Å². The average molecular weight is 385 g/mol. The largest absolute Gasteiger partial charge is 0.477 e. The number of fused-ring (bicyclic) bond motifs is 1. The molecule has 1 aromatic heterocycles. The van der Waals surface area contributed by atoms with Gasteiger partial charge in [0.2, 0.25) is 5.43 Å². The smallest absolute Gasteiger partial charge is 0.341 e. The van der Waals surface area contributed by atoms with Gasteiger partial charge in [-0.25, -0.2) is 9.18 Å². The van der Waals surface area contributed by atoms with E-state index in [1.54, 1.807) is 6.07 Å². The van der Waals surface area contributed by atoms with Gasteiger partial charge in [0.15, 0.2) is 0 Å². The number of pyridine rings is 1. The number of carboxylic acids is 1. The molecule has 4 rings (SSSR count). The normalized spacial score (nSPS) is 19.2. The van der Waals surface area contributed by atoms with Crippen LogP contribution in [0.5, 0.6) is 0 Å². The van der Waals surface area contributed by atoms with Gasteiger partial charge < -0.3 is 20.3 Å². The minimum Gasteiger partial charge on any atom is -0.477 e. The summed E-state index contributed by atoms with van der Waals surface area (Å²) in [5.74, 6) is -1.78. The Morgan fingerprint density at radius 1 is 1.36 bits per heavy atom. The fourth-order valence-corrected chi connectivity index (χ4v) is 3.98.